The van der Waals surface area contributed by atoms with Gasteiger partial charge in [0, 0.05) is 38.2 Å². The van der Waals surface area contributed by atoms with Crippen molar-refractivity contribution in [1.82, 2.24) is 9.13 Å². The van der Waals surface area contributed by atoms with Crippen LogP contribution in [0.1, 0.15) is 5.56 Å². The minimum Gasteiger partial charge on any atom is -0.456 e. The maximum Gasteiger partial charge on any atom is 0.137 e. The zero-order valence-electron chi connectivity index (χ0n) is 28.5. The lowest BCUT2D eigenvalue weighted by Crippen LogP contribution is -2.01. The van der Waals surface area contributed by atoms with Gasteiger partial charge in [0.2, 0.25) is 0 Å². The Hall–Kier alpha value is -7.35. The summed E-state index contributed by atoms with van der Waals surface area (Å²) in [6.07, 6.45) is 0. The fraction of sp³-hybridized carbons (Fsp3) is 0. The number of nitriles is 1. The molecule has 246 valence electrons. The number of benzene rings is 8. The van der Waals surface area contributed by atoms with Gasteiger partial charge in [-0.1, -0.05) is 115 Å². The van der Waals surface area contributed by atoms with Crippen LogP contribution < -0.4 is 0 Å². The lowest BCUT2D eigenvalue weighted by atomic mass is 9.98. The van der Waals surface area contributed by atoms with E-state index in [-0.39, 0.29) is 0 Å². The largest absolute Gasteiger partial charge is 0.456 e. The Morgan fingerprint density at radius 2 is 0.981 bits per heavy atom. The van der Waals surface area contributed by atoms with E-state index in [1.54, 1.807) is 0 Å². The highest BCUT2D eigenvalue weighted by molar-refractivity contribution is 6.24. The van der Waals surface area contributed by atoms with E-state index in [1.807, 2.05) is 30.3 Å². The van der Waals surface area contributed by atoms with Gasteiger partial charge >= 0.3 is 0 Å². The highest BCUT2D eigenvalue weighted by Crippen LogP contribution is 2.43. The molecule has 0 aliphatic heterocycles. The van der Waals surface area contributed by atoms with Crippen LogP contribution in [-0.4, -0.2) is 9.13 Å². The van der Waals surface area contributed by atoms with E-state index in [1.165, 1.54) is 21.5 Å². The first-order valence-electron chi connectivity index (χ1n) is 17.8. The molecular formula is C49H29N3O. The summed E-state index contributed by atoms with van der Waals surface area (Å²) >= 11 is 0. The van der Waals surface area contributed by atoms with Crippen molar-refractivity contribution in [2.75, 3.05) is 0 Å². The van der Waals surface area contributed by atoms with Crippen molar-refractivity contribution >= 4 is 65.6 Å². The van der Waals surface area contributed by atoms with Crippen LogP contribution in [0.25, 0.3) is 99.2 Å². The first-order chi connectivity index (χ1) is 26.2. The summed E-state index contributed by atoms with van der Waals surface area (Å²) in [5, 5.41) is 16.4. The Balaban J connectivity index is 1.21. The average molecular weight is 676 g/mol. The number of furan rings is 1. The van der Waals surface area contributed by atoms with Crippen molar-refractivity contribution in [3.05, 3.63) is 181 Å². The van der Waals surface area contributed by atoms with E-state index in [0.29, 0.717) is 5.56 Å². The predicted octanol–water partition coefficient (Wildman–Crippen LogP) is 13.0. The molecule has 11 rings (SSSR count). The third-order valence-electron chi connectivity index (χ3n) is 10.8. The lowest BCUT2D eigenvalue weighted by molar-refractivity contribution is 0.669. The van der Waals surface area contributed by atoms with Crippen LogP contribution >= 0.6 is 0 Å². The fourth-order valence-electron chi connectivity index (χ4n) is 8.38. The zero-order valence-corrected chi connectivity index (χ0v) is 28.5. The molecule has 11 aromatic rings. The van der Waals surface area contributed by atoms with E-state index >= 15 is 0 Å². The maximum absolute atomic E-state index is 9.30. The van der Waals surface area contributed by atoms with Crippen LogP contribution in [0.2, 0.25) is 0 Å². The van der Waals surface area contributed by atoms with E-state index in [2.05, 4.69) is 161 Å². The summed E-state index contributed by atoms with van der Waals surface area (Å²) in [6.45, 7) is 0. The van der Waals surface area contributed by atoms with E-state index < -0.39 is 0 Å². The molecule has 0 bridgehead atoms. The highest BCUT2D eigenvalue weighted by atomic mass is 16.3. The Morgan fingerprint density at radius 1 is 0.434 bits per heavy atom. The highest BCUT2D eigenvalue weighted by Gasteiger charge is 2.21. The minimum atomic E-state index is 0.659. The smallest absolute Gasteiger partial charge is 0.137 e. The molecule has 0 aliphatic carbocycles. The topological polar surface area (TPSA) is 46.8 Å². The molecule has 0 N–H and O–H groups in total. The van der Waals surface area contributed by atoms with Gasteiger partial charge in [-0.3, -0.25) is 0 Å². The van der Waals surface area contributed by atoms with Crippen molar-refractivity contribution in [2.24, 2.45) is 0 Å². The number of nitrogens with zero attached hydrogens (tertiary/aromatic N) is 3. The Kier molecular flexibility index (Phi) is 6.28. The van der Waals surface area contributed by atoms with Gasteiger partial charge in [-0.05, 0) is 77.4 Å². The van der Waals surface area contributed by atoms with E-state index in [9.17, 15) is 5.26 Å². The first kappa shape index (κ1) is 29.4. The normalized spacial score (nSPS) is 11.8. The van der Waals surface area contributed by atoms with Gasteiger partial charge in [-0.15, -0.1) is 0 Å². The number of para-hydroxylation sites is 4. The quantitative estimate of drug-likeness (QED) is 0.186. The molecular weight excluding hydrogens is 647 g/mol. The molecule has 0 amide bonds. The zero-order chi connectivity index (χ0) is 35.0. The van der Waals surface area contributed by atoms with Gasteiger partial charge in [0.15, 0.2) is 0 Å². The van der Waals surface area contributed by atoms with Crippen molar-refractivity contribution < 1.29 is 4.42 Å². The second kappa shape index (κ2) is 11.3. The molecule has 0 fully saturated rings. The molecule has 0 saturated heterocycles. The van der Waals surface area contributed by atoms with E-state index in [0.717, 1.165) is 77.6 Å². The molecule has 3 heterocycles. The summed E-state index contributed by atoms with van der Waals surface area (Å²) in [5.41, 5.74) is 13.6. The lowest BCUT2D eigenvalue weighted by Gasteiger charge is -2.18. The molecule has 0 spiro atoms. The SMILES string of the molecule is N#Cc1ccc(-c2ccc(-c3ccc(-n4c5ccccc5c5ccc6oc7ccccc7c6c54)cc3-n3c4ccccc4c4ccccc43)cc2)cc1. The molecule has 0 atom stereocenters. The molecule has 8 aromatic carbocycles. The Bertz CT molecular complexity index is 3220. The van der Waals surface area contributed by atoms with Crippen LogP contribution in [0.3, 0.4) is 0 Å². The molecule has 4 nitrogen and oxygen atoms in total. The van der Waals surface area contributed by atoms with Crippen LogP contribution in [-0.2, 0) is 0 Å². The fourth-order valence-corrected chi connectivity index (χ4v) is 8.38. The molecule has 4 heteroatoms. The van der Waals surface area contributed by atoms with Crippen LogP contribution in [0.15, 0.2) is 180 Å². The van der Waals surface area contributed by atoms with Crippen molar-refractivity contribution in [3.8, 4) is 39.7 Å². The van der Waals surface area contributed by atoms with Gasteiger partial charge < -0.3 is 13.6 Å². The summed E-state index contributed by atoms with van der Waals surface area (Å²) in [5.74, 6) is 0. The third kappa shape index (κ3) is 4.35. The van der Waals surface area contributed by atoms with E-state index in [4.69, 9.17) is 4.42 Å². The monoisotopic (exact) mass is 675 g/mol. The summed E-state index contributed by atoms with van der Waals surface area (Å²) < 4.78 is 11.3. The molecule has 53 heavy (non-hydrogen) atoms. The summed E-state index contributed by atoms with van der Waals surface area (Å²) in [4.78, 5) is 0. The molecule has 0 saturated carbocycles. The molecule has 0 aliphatic rings. The number of hydrogen-bond donors (Lipinski definition) is 0. The number of aromatic nitrogens is 2. The van der Waals surface area contributed by atoms with Gasteiger partial charge in [-0.25, -0.2) is 0 Å². The van der Waals surface area contributed by atoms with Gasteiger partial charge in [0.05, 0.1) is 44.8 Å². The first-order valence-corrected chi connectivity index (χ1v) is 17.8. The van der Waals surface area contributed by atoms with Crippen LogP contribution in [0.4, 0.5) is 0 Å². The Labute approximate surface area is 304 Å². The van der Waals surface area contributed by atoms with Gasteiger partial charge in [0.25, 0.3) is 0 Å². The number of fused-ring (bicyclic) bond motifs is 10. The number of rotatable bonds is 4. The minimum absolute atomic E-state index is 0.659. The van der Waals surface area contributed by atoms with Gasteiger partial charge in [0.1, 0.15) is 11.2 Å². The third-order valence-corrected chi connectivity index (χ3v) is 10.8. The van der Waals surface area contributed by atoms with Gasteiger partial charge in [-0.2, -0.15) is 5.26 Å². The molecule has 3 aromatic heterocycles. The van der Waals surface area contributed by atoms with Crippen molar-refractivity contribution in [2.45, 2.75) is 0 Å². The number of hydrogen-bond acceptors (Lipinski definition) is 2. The standard InChI is InChI=1S/C49H29N3O/c50-30-31-17-19-32(20-18-31)33-21-23-34(24-22-33)36-26-25-35(29-45(36)52-43-14-6-1-9-37(43)38-10-2-7-15-44(38)52)51-42-13-5-3-11-39(42)40-27-28-47-48(49(40)51)41-12-4-8-16-46(41)53-47/h1-29H. The van der Waals surface area contributed by atoms with Crippen LogP contribution in [0.5, 0.6) is 0 Å². The molecule has 0 radical (unpaired) electrons. The second-order valence-corrected chi connectivity index (χ2v) is 13.6. The predicted molar refractivity (Wildman–Crippen MR) is 218 cm³/mol. The van der Waals surface area contributed by atoms with Crippen molar-refractivity contribution in [3.63, 3.8) is 0 Å². The summed E-state index contributed by atoms with van der Waals surface area (Å²) in [6, 6.07) is 64.4. The summed E-state index contributed by atoms with van der Waals surface area (Å²) in [7, 11) is 0. The maximum atomic E-state index is 9.30. The molecule has 0 unspecified atom stereocenters. The second-order valence-electron chi connectivity index (χ2n) is 13.6. The van der Waals surface area contributed by atoms with Crippen molar-refractivity contribution in [1.29, 1.82) is 5.26 Å². The Morgan fingerprint density at radius 3 is 1.64 bits per heavy atom. The average Bonchev–Trinajstić information content (AvgIpc) is 3.88. The van der Waals surface area contributed by atoms with Crippen LogP contribution in [0, 0.1) is 11.3 Å².